The van der Waals surface area contributed by atoms with Gasteiger partial charge in [0, 0.05) is 0 Å². The predicted octanol–water partition coefficient (Wildman–Crippen LogP) is 1.63. The normalized spacial score (nSPS) is 9.78. The molecule has 56 valence electrons. The van der Waals surface area contributed by atoms with Crippen molar-refractivity contribution in [3.05, 3.63) is 0 Å². The summed E-state index contributed by atoms with van der Waals surface area (Å²) in [5.41, 5.74) is -0.352. The third-order valence-corrected chi connectivity index (χ3v) is 0.798. The summed E-state index contributed by atoms with van der Waals surface area (Å²) in [6, 6.07) is 0. The Labute approximate surface area is 62.0 Å². The number of carbonyl (C=O) groups is 1. The van der Waals surface area contributed by atoms with Gasteiger partial charge in [0.1, 0.15) is 0 Å². The minimum absolute atomic E-state index is 0. The first-order valence-corrected chi connectivity index (χ1v) is 2.57. The molecule has 0 aromatic carbocycles. The Morgan fingerprint density at radius 1 is 1.33 bits per heavy atom. The monoisotopic (exact) mass is 152 g/mol. The molecule has 0 aliphatic rings. The molecular weight excluding hydrogens is 140 g/mol. The van der Waals surface area contributed by atoms with E-state index in [1.807, 2.05) is 20.8 Å². The molecule has 0 fully saturated rings. The fourth-order valence-electron chi connectivity index (χ4n) is 0.306. The lowest BCUT2D eigenvalue weighted by Gasteiger charge is -2.13. The van der Waals surface area contributed by atoms with E-state index in [4.69, 9.17) is 0 Å². The molecule has 0 N–H and O–H groups in total. The molecule has 0 saturated heterocycles. The van der Waals surface area contributed by atoms with Gasteiger partial charge in [0.25, 0.3) is 0 Å². The van der Waals surface area contributed by atoms with Gasteiger partial charge in [0.05, 0.1) is 12.5 Å². The van der Waals surface area contributed by atoms with Crippen LogP contribution in [0.15, 0.2) is 0 Å². The number of esters is 1. The van der Waals surface area contributed by atoms with E-state index in [9.17, 15) is 4.79 Å². The molecule has 0 atom stereocenters. The number of methoxy groups -OCH3 is 1. The fraction of sp³-hybridized carbons (Fsp3) is 0.833. The average molecular weight is 153 g/mol. The van der Waals surface area contributed by atoms with Crippen molar-refractivity contribution in [1.82, 2.24) is 0 Å². The summed E-state index contributed by atoms with van der Waals surface area (Å²) in [7, 11) is 1.40. The van der Waals surface area contributed by atoms with Gasteiger partial charge in [-0.3, -0.25) is 4.79 Å². The van der Waals surface area contributed by atoms with Crippen LogP contribution in [-0.4, -0.2) is 13.1 Å². The van der Waals surface area contributed by atoms with Crippen molar-refractivity contribution in [3.8, 4) is 0 Å². The Hall–Kier alpha value is -0.240. The average Bonchev–Trinajstić information content (AvgIpc) is 1.62. The van der Waals surface area contributed by atoms with Crippen molar-refractivity contribution >= 4 is 18.4 Å². The molecule has 0 amide bonds. The fourth-order valence-corrected chi connectivity index (χ4v) is 0.306. The standard InChI is InChI=1S/C6H12O2.ClH/c1-6(2,3)5(7)8-4;/h1-4H3;1H. The molecule has 0 aromatic rings. The maximum absolute atomic E-state index is 10.6. The van der Waals surface area contributed by atoms with Crippen LogP contribution in [0.4, 0.5) is 0 Å². The molecule has 0 radical (unpaired) electrons. The summed E-state index contributed by atoms with van der Waals surface area (Å²) in [5.74, 6) is -0.169. The zero-order valence-electron chi connectivity index (χ0n) is 6.22. The van der Waals surface area contributed by atoms with E-state index in [1.165, 1.54) is 7.11 Å². The van der Waals surface area contributed by atoms with Crippen LogP contribution in [0.5, 0.6) is 0 Å². The van der Waals surface area contributed by atoms with Gasteiger partial charge in [-0.15, -0.1) is 12.4 Å². The Bertz CT molecular complexity index is 93.7. The van der Waals surface area contributed by atoms with Crippen LogP contribution in [-0.2, 0) is 9.53 Å². The lowest BCUT2D eigenvalue weighted by Crippen LogP contribution is -2.21. The van der Waals surface area contributed by atoms with Crippen LogP contribution >= 0.6 is 12.4 Å². The highest BCUT2D eigenvalue weighted by Crippen LogP contribution is 2.13. The highest BCUT2D eigenvalue weighted by molar-refractivity contribution is 5.85. The lowest BCUT2D eigenvalue weighted by molar-refractivity contribution is -0.149. The Balaban J connectivity index is 0. The molecular formula is C6H13ClO2. The topological polar surface area (TPSA) is 26.3 Å². The van der Waals surface area contributed by atoms with Crippen molar-refractivity contribution in [3.63, 3.8) is 0 Å². The number of hydrogen-bond donors (Lipinski definition) is 0. The van der Waals surface area contributed by atoms with Gasteiger partial charge >= 0.3 is 5.97 Å². The van der Waals surface area contributed by atoms with Crippen molar-refractivity contribution in [1.29, 1.82) is 0 Å². The van der Waals surface area contributed by atoms with Gasteiger partial charge in [-0.1, -0.05) is 0 Å². The SMILES string of the molecule is COC(=O)C(C)(C)C.Cl. The van der Waals surface area contributed by atoms with Crippen LogP contribution in [0.1, 0.15) is 20.8 Å². The van der Waals surface area contributed by atoms with Gasteiger partial charge < -0.3 is 4.74 Å². The summed E-state index contributed by atoms with van der Waals surface area (Å²) in [4.78, 5) is 10.6. The molecule has 0 heterocycles. The van der Waals surface area contributed by atoms with Crippen molar-refractivity contribution in [2.45, 2.75) is 20.8 Å². The van der Waals surface area contributed by atoms with Gasteiger partial charge in [-0.25, -0.2) is 0 Å². The van der Waals surface area contributed by atoms with Crippen LogP contribution in [0.25, 0.3) is 0 Å². The van der Waals surface area contributed by atoms with E-state index in [1.54, 1.807) is 0 Å². The molecule has 0 spiro atoms. The first-order valence-electron chi connectivity index (χ1n) is 2.57. The molecule has 0 bridgehead atoms. The maximum Gasteiger partial charge on any atom is 0.310 e. The maximum atomic E-state index is 10.6. The van der Waals surface area contributed by atoms with E-state index >= 15 is 0 Å². The number of ether oxygens (including phenoxy) is 1. The quantitative estimate of drug-likeness (QED) is 0.494. The lowest BCUT2D eigenvalue weighted by atomic mass is 9.98. The van der Waals surface area contributed by atoms with Crippen LogP contribution in [0.3, 0.4) is 0 Å². The van der Waals surface area contributed by atoms with Gasteiger partial charge in [0.15, 0.2) is 0 Å². The van der Waals surface area contributed by atoms with E-state index in [0.29, 0.717) is 0 Å². The third kappa shape index (κ3) is 4.28. The Morgan fingerprint density at radius 2 is 1.67 bits per heavy atom. The van der Waals surface area contributed by atoms with Crippen molar-refractivity contribution < 1.29 is 9.53 Å². The van der Waals surface area contributed by atoms with E-state index < -0.39 is 0 Å². The highest BCUT2D eigenvalue weighted by atomic mass is 35.5. The summed E-state index contributed by atoms with van der Waals surface area (Å²) in [6.45, 7) is 5.45. The number of rotatable bonds is 0. The van der Waals surface area contributed by atoms with Gasteiger partial charge in [-0.05, 0) is 20.8 Å². The zero-order chi connectivity index (χ0) is 6.78. The summed E-state index contributed by atoms with van der Waals surface area (Å²) in [5, 5.41) is 0. The predicted molar refractivity (Wildman–Crippen MR) is 38.7 cm³/mol. The second kappa shape index (κ2) is 3.72. The van der Waals surface area contributed by atoms with Gasteiger partial charge in [-0.2, -0.15) is 0 Å². The smallest absolute Gasteiger partial charge is 0.310 e. The Kier molecular flexibility index (Phi) is 4.77. The minimum atomic E-state index is -0.352. The first-order chi connectivity index (χ1) is 3.48. The van der Waals surface area contributed by atoms with Crippen LogP contribution in [0, 0.1) is 5.41 Å². The summed E-state index contributed by atoms with van der Waals surface area (Å²) < 4.78 is 4.48. The molecule has 0 aliphatic heterocycles. The highest BCUT2D eigenvalue weighted by Gasteiger charge is 2.21. The first kappa shape index (κ1) is 11.5. The summed E-state index contributed by atoms with van der Waals surface area (Å²) >= 11 is 0. The Morgan fingerprint density at radius 3 is 1.67 bits per heavy atom. The van der Waals surface area contributed by atoms with E-state index in [2.05, 4.69) is 4.74 Å². The molecule has 0 saturated carbocycles. The van der Waals surface area contributed by atoms with Crippen LogP contribution < -0.4 is 0 Å². The second-order valence-electron chi connectivity index (χ2n) is 2.74. The molecule has 0 rings (SSSR count). The van der Waals surface area contributed by atoms with E-state index in [-0.39, 0.29) is 23.8 Å². The zero-order valence-corrected chi connectivity index (χ0v) is 7.04. The molecule has 3 heteroatoms. The molecule has 0 aliphatic carbocycles. The molecule has 9 heavy (non-hydrogen) atoms. The molecule has 2 nitrogen and oxygen atoms in total. The van der Waals surface area contributed by atoms with Crippen molar-refractivity contribution in [2.24, 2.45) is 5.41 Å². The third-order valence-electron chi connectivity index (χ3n) is 0.798. The van der Waals surface area contributed by atoms with E-state index in [0.717, 1.165) is 0 Å². The number of hydrogen-bond acceptors (Lipinski definition) is 2. The number of carbonyl (C=O) groups excluding carboxylic acids is 1. The van der Waals surface area contributed by atoms with Crippen molar-refractivity contribution in [2.75, 3.05) is 7.11 Å². The van der Waals surface area contributed by atoms with Gasteiger partial charge in [0.2, 0.25) is 0 Å². The minimum Gasteiger partial charge on any atom is -0.469 e. The molecule has 0 unspecified atom stereocenters. The van der Waals surface area contributed by atoms with Crippen LogP contribution in [0.2, 0.25) is 0 Å². The largest absolute Gasteiger partial charge is 0.469 e. The molecule has 0 aromatic heterocycles. The second-order valence-corrected chi connectivity index (χ2v) is 2.74. The summed E-state index contributed by atoms with van der Waals surface area (Å²) in [6.07, 6.45) is 0. The number of halogens is 1.